The van der Waals surface area contributed by atoms with Crippen LogP contribution in [0, 0.1) is 35.5 Å². The van der Waals surface area contributed by atoms with Gasteiger partial charge in [-0.25, -0.2) is 0 Å². The zero-order valence-electron chi connectivity index (χ0n) is 17.4. The minimum Gasteiger partial charge on any atom is -0.507 e. The Balaban J connectivity index is 1.39. The van der Waals surface area contributed by atoms with Gasteiger partial charge in [0.05, 0.1) is 0 Å². The highest BCUT2D eigenvalue weighted by Gasteiger charge is 2.56. The molecule has 0 unspecified atom stereocenters. The molecular formula is C26H34O3. The lowest BCUT2D eigenvalue weighted by Crippen LogP contribution is -2.50. The van der Waals surface area contributed by atoms with E-state index in [1.54, 1.807) is 6.07 Å². The predicted molar refractivity (Wildman–Crippen MR) is 111 cm³/mol. The van der Waals surface area contributed by atoms with Crippen molar-refractivity contribution in [2.45, 2.75) is 87.9 Å². The second kappa shape index (κ2) is 5.45. The molecule has 8 saturated carbocycles. The molecule has 0 atom stereocenters. The topological polar surface area (TPSA) is 60.7 Å². The maximum atomic E-state index is 11.7. The second-order valence-corrected chi connectivity index (χ2v) is 12.4. The maximum absolute atomic E-state index is 11.7. The molecule has 0 radical (unpaired) electrons. The first-order valence-electron chi connectivity index (χ1n) is 12.2. The van der Waals surface area contributed by atoms with Gasteiger partial charge in [0.2, 0.25) is 0 Å². The number of rotatable bonds is 2. The Morgan fingerprint density at radius 3 is 1.34 bits per heavy atom. The van der Waals surface area contributed by atoms with E-state index in [9.17, 15) is 15.3 Å². The normalized spacial score (nSPS) is 49.1. The third kappa shape index (κ3) is 2.25. The molecule has 9 rings (SSSR count). The van der Waals surface area contributed by atoms with Crippen LogP contribution in [-0.2, 0) is 10.8 Å². The van der Waals surface area contributed by atoms with Crippen molar-refractivity contribution >= 4 is 0 Å². The Kier molecular flexibility index (Phi) is 3.25. The second-order valence-electron chi connectivity index (χ2n) is 12.4. The van der Waals surface area contributed by atoms with E-state index >= 15 is 0 Å². The first kappa shape index (κ1) is 17.3. The highest BCUT2D eigenvalue weighted by molar-refractivity contribution is 5.62. The van der Waals surface area contributed by atoms with Gasteiger partial charge in [0.1, 0.15) is 5.75 Å². The molecule has 3 nitrogen and oxygen atoms in total. The fraction of sp³-hybridized carbons (Fsp3) is 0.769. The van der Waals surface area contributed by atoms with E-state index in [4.69, 9.17) is 0 Å². The van der Waals surface area contributed by atoms with Gasteiger partial charge in [-0.1, -0.05) is 0 Å². The maximum Gasteiger partial charge on any atom is 0.165 e. The molecule has 0 aliphatic heterocycles. The van der Waals surface area contributed by atoms with Crippen molar-refractivity contribution in [1.82, 2.24) is 0 Å². The minimum atomic E-state index is -0.112. The fourth-order valence-corrected chi connectivity index (χ4v) is 10.4. The molecule has 3 heteroatoms. The summed E-state index contributed by atoms with van der Waals surface area (Å²) in [5.74, 6) is 4.96. The van der Waals surface area contributed by atoms with Gasteiger partial charge in [-0.2, -0.15) is 0 Å². The van der Waals surface area contributed by atoms with Crippen LogP contribution in [0.4, 0.5) is 0 Å². The first-order chi connectivity index (χ1) is 13.9. The van der Waals surface area contributed by atoms with Gasteiger partial charge in [-0.05, 0) is 124 Å². The number of benzene rings is 1. The quantitative estimate of drug-likeness (QED) is 0.443. The molecule has 0 aromatic heterocycles. The Morgan fingerprint density at radius 2 is 0.931 bits per heavy atom. The average molecular weight is 395 g/mol. The smallest absolute Gasteiger partial charge is 0.165 e. The summed E-state index contributed by atoms with van der Waals surface area (Å²) in [6, 6.07) is 1.75. The molecule has 8 aliphatic rings. The minimum absolute atomic E-state index is 0.0132. The molecule has 8 aliphatic carbocycles. The Bertz CT molecular complexity index is 814. The van der Waals surface area contributed by atoms with Crippen LogP contribution in [0.25, 0.3) is 0 Å². The summed E-state index contributed by atoms with van der Waals surface area (Å²) in [6.07, 6.45) is 14.9. The number of hydrogen-bond acceptors (Lipinski definition) is 3. The van der Waals surface area contributed by atoms with Gasteiger partial charge in [-0.3, -0.25) is 0 Å². The molecular weight excluding hydrogens is 360 g/mol. The number of phenolic OH excluding ortho intramolecular Hbond substituents is 3. The number of aromatic hydroxyl groups is 3. The van der Waals surface area contributed by atoms with Gasteiger partial charge in [0.25, 0.3) is 0 Å². The van der Waals surface area contributed by atoms with Crippen LogP contribution in [-0.4, -0.2) is 15.3 Å². The lowest BCUT2D eigenvalue weighted by molar-refractivity contribution is -0.0111. The van der Waals surface area contributed by atoms with Crippen molar-refractivity contribution in [1.29, 1.82) is 0 Å². The first-order valence-corrected chi connectivity index (χ1v) is 12.2. The van der Waals surface area contributed by atoms with Gasteiger partial charge in [0, 0.05) is 16.5 Å². The van der Waals surface area contributed by atoms with Crippen molar-refractivity contribution in [3.05, 3.63) is 17.2 Å². The van der Waals surface area contributed by atoms with Gasteiger partial charge in [0.15, 0.2) is 11.5 Å². The lowest BCUT2D eigenvalue weighted by atomic mass is 9.46. The van der Waals surface area contributed by atoms with Crippen molar-refractivity contribution < 1.29 is 15.3 Å². The van der Waals surface area contributed by atoms with Gasteiger partial charge < -0.3 is 15.3 Å². The summed E-state index contributed by atoms with van der Waals surface area (Å²) in [7, 11) is 0. The molecule has 29 heavy (non-hydrogen) atoms. The van der Waals surface area contributed by atoms with Crippen LogP contribution >= 0.6 is 0 Å². The summed E-state index contributed by atoms with van der Waals surface area (Å²) in [5, 5.41) is 33.6. The fourth-order valence-electron chi connectivity index (χ4n) is 10.4. The zero-order valence-corrected chi connectivity index (χ0v) is 17.4. The monoisotopic (exact) mass is 394 g/mol. The van der Waals surface area contributed by atoms with E-state index in [0.29, 0.717) is 5.75 Å². The molecule has 8 bridgehead atoms. The van der Waals surface area contributed by atoms with E-state index in [1.165, 1.54) is 38.5 Å². The van der Waals surface area contributed by atoms with Crippen molar-refractivity contribution in [2.24, 2.45) is 35.5 Å². The van der Waals surface area contributed by atoms with Crippen LogP contribution < -0.4 is 0 Å². The van der Waals surface area contributed by atoms with Crippen molar-refractivity contribution in [3.8, 4) is 17.2 Å². The van der Waals surface area contributed by atoms with Gasteiger partial charge >= 0.3 is 0 Å². The molecule has 8 fully saturated rings. The molecule has 0 heterocycles. The molecule has 156 valence electrons. The third-order valence-corrected chi connectivity index (χ3v) is 10.4. The summed E-state index contributed by atoms with van der Waals surface area (Å²) < 4.78 is 0. The van der Waals surface area contributed by atoms with Crippen LogP contribution in [0.2, 0.25) is 0 Å². The van der Waals surface area contributed by atoms with E-state index in [1.807, 2.05) is 0 Å². The summed E-state index contributed by atoms with van der Waals surface area (Å²) in [6.45, 7) is 0. The van der Waals surface area contributed by atoms with E-state index in [2.05, 4.69) is 0 Å². The van der Waals surface area contributed by atoms with E-state index in [-0.39, 0.29) is 22.3 Å². The van der Waals surface area contributed by atoms with E-state index < -0.39 is 0 Å². The van der Waals surface area contributed by atoms with Gasteiger partial charge in [-0.15, -0.1) is 0 Å². The van der Waals surface area contributed by atoms with Crippen molar-refractivity contribution in [2.75, 3.05) is 0 Å². The van der Waals surface area contributed by atoms with Crippen LogP contribution in [0.3, 0.4) is 0 Å². The molecule has 1 aromatic rings. The number of hydrogen-bond donors (Lipinski definition) is 3. The van der Waals surface area contributed by atoms with E-state index in [0.717, 1.165) is 85.2 Å². The lowest BCUT2D eigenvalue weighted by Gasteiger charge is -2.58. The highest BCUT2D eigenvalue weighted by Crippen LogP contribution is 2.67. The highest BCUT2D eigenvalue weighted by atomic mass is 16.3. The molecule has 0 saturated heterocycles. The summed E-state index contributed by atoms with van der Waals surface area (Å²) in [4.78, 5) is 0. The largest absolute Gasteiger partial charge is 0.507 e. The molecule has 0 amide bonds. The van der Waals surface area contributed by atoms with Crippen LogP contribution in [0.15, 0.2) is 6.07 Å². The Morgan fingerprint density at radius 1 is 0.552 bits per heavy atom. The van der Waals surface area contributed by atoms with Crippen molar-refractivity contribution in [3.63, 3.8) is 0 Å². The standard InChI is InChI=1S/C26H34O3/c27-21-7-20(25-8-14-1-15(9-25)3-16(2-14)10-25)23(28)22(24(21)29)26-11-17-4-18(12-26)6-19(5-17)13-26/h7,14-19,27-29H,1-6,8-13H2. The Labute approximate surface area is 173 Å². The predicted octanol–water partition coefficient (Wildman–Crippen LogP) is 5.74. The molecule has 3 N–H and O–H groups in total. The zero-order chi connectivity index (χ0) is 19.5. The molecule has 0 spiro atoms. The van der Waals surface area contributed by atoms with Crippen LogP contribution in [0.1, 0.15) is 88.2 Å². The average Bonchev–Trinajstić information content (AvgIpc) is 2.62. The Hall–Kier alpha value is -1.38. The molecule has 1 aromatic carbocycles. The number of phenols is 3. The summed E-state index contributed by atoms with van der Waals surface area (Å²) in [5.41, 5.74) is 1.64. The SMILES string of the molecule is Oc1cc(C23CC4CC(CC(C4)C2)C3)c(O)c(C23CC4CC(CC(C4)C2)C3)c1O. The third-order valence-electron chi connectivity index (χ3n) is 10.4. The summed E-state index contributed by atoms with van der Waals surface area (Å²) >= 11 is 0. The van der Waals surface area contributed by atoms with Crippen LogP contribution in [0.5, 0.6) is 17.2 Å².